The molecule has 2 aliphatic rings. The van der Waals surface area contributed by atoms with Crippen LogP contribution in [0.25, 0.3) is 10.8 Å². The zero-order chi connectivity index (χ0) is 35.3. The molecule has 0 spiro atoms. The van der Waals surface area contributed by atoms with Crippen molar-refractivity contribution in [2.24, 2.45) is 0 Å². The van der Waals surface area contributed by atoms with E-state index in [4.69, 9.17) is 4.74 Å². The van der Waals surface area contributed by atoms with Crippen molar-refractivity contribution in [3.05, 3.63) is 52.7 Å². The third-order valence-corrected chi connectivity index (χ3v) is 8.81. The summed E-state index contributed by atoms with van der Waals surface area (Å²) in [6, 6.07) is 2.61. The number of hydrogen-bond donors (Lipinski definition) is 3. The lowest BCUT2D eigenvalue weighted by Crippen LogP contribution is -2.62. The maximum atomic E-state index is 16.5. The maximum absolute atomic E-state index is 16.5. The average Bonchev–Trinajstić information content (AvgIpc) is 2.94. The number of likely N-dealkylation sites (tertiary alicyclic amines) is 1. The summed E-state index contributed by atoms with van der Waals surface area (Å²) in [5, 5.41) is 23.2. The van der Waals surface area contributed by atoms with Crippen molar-refractivity contribution in [1.29, 1.82) is 0 Å². The Balaban J connectivity index is 1.60. The first kappa shape index (κ1) is 34.3. The van der Waals surface area contributed by atoms with E-state index in [9.17, 15) is 29.4 Å². The molecule has 2 aliphatic heterocycles. The van der Waals surface area contributed by atoms with Gasteiger partial charge in [-0.2, -0.15) is 0 Å². The molecule has 48 heavy (non-hydrogen) atoms. The van der Waals surface area contributed by atoms with Crippen molar-refractivity contribution >= 4 is 52.2 Å². The number of rotatable bonds is 6. The highest BCUT2D eigenvalue weighted by molar-refractivity contribution is 6.02. The lowest BCUT2D eigenvalue weighted by atomic mass is 9.76. The molecule has 4 amide bonds. The molecule has 0 saturated carbocycles. The van der Waals surface area contributed by atoms with E-state index in [-0.39, 0.29) is 47.9 Å². The van der Waals surface area contributed by atoms with Gasteiger partial charge in [-0.05, 0) is 86.6 Å². The topological polar surface area (TPSA) is 166 Å². The Hall–Kier alpha value is -5.01. The van der Waals surface area contributed by atoms with Crippen LogP contribution >= 0.6 is 0 Å². The smallest absolute Gasteiger partial charge is 0.413 e. The summed E-state index contributed by atoms with van der Waals surface area (Å²) in [5.74, 6) is -0.784. The summed E-state index contributed by atoms with van der Waals surface area (Å²) in [6.45, 7) is 12.9. The molecule has 256 valence electrons. The number of carbonyl (C=O) groups is 4. The monoisotopic (exact) mass is 664 g/mol. The Morgan fingerprint density at radius 3 is 2.38 bits per heavy atom. The van der Waals surface area contributed by atoms with Crippen LogP contribution < -0.4 is 15.1 Å². The number of hydrogen-bond acceptors (Lipinski definition) is 7. The molecule has 1 saturated heterocycles. The molecule has 1 aromatic carbocycles. The van der Waals surface area contributed by atoms with Crippen molar-refractivity contribution in [3.63, 3.8) is 0 Å². The van der Waals surface area contributed by atoms with E-state index in [0.717, 1.165) is 16.0 Å². The summed E-state index contributed by atoms with van der Waals surface area (Å²) in [7, 11) is 0. The van der Waals surface area contributed by atoms with Crippen LogP contribution in [0.2, 0.25) is 0 Å². The second-order valence-electron chi connectivity index (χ2n) is 14.0. The van der Waals surface area contributed by atoms with Gasteiger partial charge in [-0.3, -0.25) is 24.9 Å². The minimum Gasteiger partial charge on any atom is -0.465 e. The largest absolute Gasteiger partial charge is 0.465 e. The van der Waals surface area contributed by atoms with E-state index in [1.807, 2.05) is 20.8 Å². The van der Waals surface area contributed by atoms with E-state index < -0.39 is 41.2 Å². The predicted molar refractivity (Wildman–Crippen MR) is 177 cm³/mol. The van der Waals surface area contributed by atoms with Crippen LogP contribution in [-0.4, -0.2) is 80.5 Å². The number of carbonyl (C=O) groups excluding carboxylic acids is 2. The van der Waals surface area contributed by atoms with E-state index in [0.29, 0.717) is 36.2 Å². The van der Waals surface area contributed by atoms with E-state index in [1.54, 1.807) is 33.0 Å². The van der Waals surface area contributed by atoms with Crippen molar-refractivity contribution in [2.45, 2.75) is 84.8 Å². The highest BCUT2D eigenvalue weighted by atomic mass is 19.1. The molecule has 0 atom stereocenters. The maximum Gasteiger partial charge on any atom is 0.413 e. The van der Waals surface area contributed by atoms with Crippen LogP contribution in [0, 0.1) is 12.7 Å². The number of ether oxygens (including phenoxy) is 1. The fourth-order valence-corrected chi connectivity index (χ4v) is 6.57. The molecule has 0 aliphatic carbocycles. The minimum absolute atomic E-state index is 0.0896. The number of aryl methyl sites for hydroxylation is 1. The molecule has 3 aromatic rings. The molecule has 13 nitrogen and oxygen atoms in total. The van der Waals surface area contributed by atoms with Gasteiger partial charge in [-0.1, -0.05) is 13.8 Å². The van der Waals surface area contributed by atoms with Gasteiger partial charge in [-0.15, -0.1) is 0 Å². The number of anilines is 3. The Labute approximate surface area is 277 Å². The van der Waals surface area contributed by atoms with Crippen LogP contribution in [-0.2, 0) is 27.8 Å². The van der Waals surface area contributed by atoms with Gasteiger partial charge in [-0.25, -0.2) is 23.8 Å². The molecule has 14 heteroatoms. The lowest BCUT2D eigenvalue weighted by Gasteiger charge is -2.43. The Morgan fingerprint density at radius 2 is 1.77 bits per heavy atom. The zero-order valence-corrected chi connectivity index (χ0v) is 28.2. The lowest BCUT2D eigenvalue weighted by molar-refractivity contribution is -0.133. The molecule has 3 N–H and O–H groups in total. The normalized spacial score (nSPS) is 15.1. The number of benzene rings is 1. The summed E-state index contributed by atoms with van der Waals surface area (Å²) in [5.41, 5.74) is 1.15. The van der Waals surface area contributed by atoms with E-state index >= 15 is 4.39 Å². The summed E-state index contributed by atoms with van der Waals surface area (Å²) in [4.78, 5) is 61.9. The zero-order valence-electron chi connectivity index (χ0n) is 28.2. The highest BCUT2D eigenvalue weighted by Gasteiger charge is 2.38. The van der Waals surface area contributed by atoms with Crippen LogP contribution in [0.15, 0.2) is 24.5 Å². The Kier molecular flexibility index (Phi) is 8.97. The highest BCUT2D eigenvalue weighted by Crippen LogP contribution is 2.40. The number of carboxylic acid groups (broad SMARTS) is 2. The van der Waals surface area contributed by atoms with Crippen molar-refractivity contribution in [1.82, 2.24) is 14.9 Å². The quantitative estimate of drug-likeness (QED) is 0.283. The minimum atomic E-state index is -1.25. The van der Waals surface area contributed by atoms with Gasteiger partial charge in [0.15, 0.2) is 5.82 Å². The average molecular weight is 665 g/mol. The van der Waals surface area contributed by atoms with Gasteiger partial charge >= 0.3 is 18.3 Å². The van der Waals surface area contributed by atoms with E-state index in [1.165, 1.54) is 29.0 Å². The Bertz CT molecular complexity index is 1820. The van der Waals surface area contributed by atoms with Gasteiger partial charge in [0.1, 0.15) is 11.4 Å². The second-order valence-corrected chi connectivity index (χ2v) is 14.0. The third kappa shape index (κ3) is 6.69. The molecule has 0 unspecified atom stereocenters. The molecule has 5 rings (SSSR count). The number of halogens is 1. The molecular formula is C34H41FN6O7. The summed E-state index contributed by atoms with van der Waals surface area (Å²) >= 11 is 0. The number of nitrogens with one attached hydrogen (secondary N) is 1. The fourth-order valence-electron chi connectivity index (χ4n) is 6.57. The summed E-state index contributed by atoms with van der Waals surface area (Å²) < 4.78 is 22.0. The molecule has 4 heterocycles. The number of amides is 4. The number of nitrogens with zero attached hydrogens (tertiary/aromatic N) is 5. The Morgan fingerprint density at radius 1 is 1.08 bits per heavy atom. The van der Waals surface area contributed by atoms with Gasteiger partial charge < -0.3 is 19.8 Å². The van der Waals surface area contributed by atoms with Crippen molar-refractivity contribution < 1.29 is 38.5 Å². The van der Waals surface area contributed by atoms with Crippen LogP contribution in [0.5, 0.6) is 0 Å². The fraction of sp³-hybridized carbons (Fsp3) is 0.471. The molecule has 1 fully saturated rings. The van der Waals surface area contributed by atoms with Crippen molar-refractivity contribution in [2.75, 3.05) is 34.8 Å². The van der Waals surface area contributed by atoms with Crippen LogP contribution in [0.1, 0.15) is 70.3 Å². The predicted octanol–water partition coefficient (Wildman–Crippen LogP) is 6.09. The van der Waals surface area contributed by atoms with Gasteiger partial charge in [0.2, 0.25) is 5.91 Å². The second kappa shape index (κ2) is 12.5. The SMILES string of the molecule is CC(=O)N1CC(N(C(=O)O)c2cc3cc(CC(C)(C)c4cnc5c(c4C)N(C(=O)O)CCC5)c(F)c(NC(=O)OC(C)(C)C)c3cn2)C1. The standard InChI is InChI=1S/C34H41FN6O7/c1-18-24(15-36-25-9-8-10-40(29(18)25)31(44)45)34(6,7)13-21-11-20-12-26(41(32(46)47)22-16-39(17-22)19(2)42)37-14-23(20)28(27(21)35)38-30(43)48-33(3,4)5/h11-12,14-15,22H,8-10,13,16-17H2,1-7H3,(H,38,43)(H,44,45)(H,46,47). The van der Waals surface area contributed by atoms with Gasteiger partial charge in [0.05, 0.1) is 23.1 Å². The third-order valence-electron chi connectivity index (χ3n) is 8.81. The molecular weight excluding hydrogens is 623 g/mol. The van der Waals surface area contributed by atoms with Crippen molar-refractivity contribution in [3.8, 4) is 0 Å². The number of fused-ring (bicyclic) bond motifs is 2. The first-order chi connectivity index (χ1) is 22.4. The number of pyridine rings is 2. The molecule has 0 bridgehead atoms. The van der Waals surface area contributed by atoms with Crippen LogP contribution in [0.3, 0.4) is 0 Å². The molecule has 2 aromatic heterocycles. The van der Waals surface area contributed by atoms with Gasteiger partial charge in [0.25, 0.3) is 0 Å². The molecule has 0 radical (unpaired) electrons. The van der Waals surface area contributed by atoms with E-state index in [2.05, 4.69) is 15.3 Å². The van der Waals surface area contributed by atoms with Gasteiger partial charge in [0, 0.05) is 44.3 Å². The number of aromatic nitrogens is 2. The summed E-state index contributed by atoms with van der Waals surface area (Å²) in [6.07, 6.45) is 1.26. The first-order valence-corrected chi connectivity index (χ1v) is 15.8. The first-order valence-electron chi connectivity index (χ1n) is 15.8. The van der Waals surface area contributed by atoms with Crippen LogP contribution in [0.4, 0.5) is 36.0 Å².